The Hall–Kier alpha value is -0.980. The van der Waals surface area contributed by atoms with Crippen LogP contribution >= 0.6 is 23.2 Å². The Morgan fingerprint density at radius 2 is 1.69 bits per heavy atom. The number of aryl methyl sites for hydroxylation is 1. The van der Waals surface area contributed by atoms with Gasteiger partial charge in [-0.05, 0) is 29.7 Å². The maximum absolute atomic E-state index is 6.40. The molecule has 2 aromatic carbocycles. The van der Waals surface area contributed by atoms with E-state index in [4.69, 9.17) is 23.2 Å². The SMILES string of the molecule is Cc1ccc(C(Cl)c2ccccc2)c(Cl)c1. The molecule has 2 aromatic rings. The van der Waals surface area contributed by atoms with E-state index in [0.29, 0.717) is 0 Å². The van der Waals surface area contributed by atoms with E-state index < -0.39 is 0 Å². The third kappa shape index (κ3) is 2.40. The first-order valence-electron chi connectivity index (χ1n) is 5.13. The normalized spacial score (nSPS) is 12.4. The standard InChI is InChI=1S/C14H12Cl2/c1-10-7-8-12(13(15)9-10)14(16)11-5-3-2-4-6-11/h2-9,14H,1H3. The number of hydrogen-bond donors (Lipinski definition) is 0. The summed E-state index contributed by atoms with van der Waals surface area (Å²) in [6, 6.07) is 15.9. The smallest absolute Gasteiger partial charge is 0.0849 e. The van der Waals surface area contributed by atoms with Crippen LogP contribution in [-0.2, 0) is 0 Å². The molecule has 1 unspecified atom stereocenters. The van der Waals surface area contributed by atoms with E-state index in [1.165, 1.54) is 0 Å². The fraction of sp³-hybridized carbons (Fsp3) is 0.143. The molecule has 0 aliphatic rings. The van der Waals surface area contributed by atoms with E-state index in [0.717, 1.165) is 21.7 Å². The lowest BCUT2D eigenvalue weighted by Gasteiger charge is -2.12. The van der Waals surface area contributed by atoms with Crippen LogP contribution in [0.2, 0.25) is 5.02 Å². The summed E-state index contributed by atoms with van der Waals surface area (Å²) < 4.78 is 0. The maximum atomic E-state index is 6.40. The van der Waals surface area contributed by atoms with Crippen molar-refractivity contribution in [2.45, 2.75) is 12.3 Å². The van der Waals surface area contributed by atoms with Gasteiger partial charge in [-0.15, -0.1) is 11.6 Å². The van der Waals surface area contributed by atoms with Gasteiger partial charge in [-0.2, -0.15) is 0 Å². The molecule has 82 valence electrons. The van der Waals surface area contributed by atoms with Crippen molar-refractivity contribution in [1.82, 2.24) is 0 Å². The van der Waals surface area contributed by atoms with Crippen LogP contribution in [0, 0.1) is 6.92 Å². The van der Waals surface area contributed by atoms with Gasteiger partial charge in [0.25, 0.3) is 0 Å². The van der Waals surface area contributed by atoms with Gasteiger partial charge in [-0.1, -0.05) is 54.1 Å². The van der Waals surface area contributed by atoms with Gasteiger partial charge >= 0.3 is 0 Å². The summed E-state index contributed by atoms with van der Waals surface area (Å²) in [7, 11) is 0. The minimum Gasteiger partial charge on any atom is -0.113 e. The Bertz CT molecular complexity index is 477. The zero-order chi connectivity index (χ0) is 11.5. The first-order valence-corrected chi connectivity index (χ1v) is 5.95. The van der Waals surface area contributed by atoms with E-state index in [1.54, 1.807) is 0 Å². The molecule has 0 saturated carbocycles. The summed E-state index contributed by atoms with van der Waals surface area (Å²) in [4.78, 5) is 0. The van der Waals surface area contributed by atoms with Crippen LogP contribution in [0.4, 0.5) is 0 Å². The molecule has 0 fully saturated rings. The Morgan fingerprint density at radius 1 is 1.00 bits per heavy atom. The Balaban J connectivity index is 2.38. The zero-order valence-corrected chi connectivity index (χ0v) is 10.5. The Labute approximate surface area is 106 Å². The summed E-state index contributed by atoms with van der Waals surface area (Å²) in [5.74, 6) is 0. The van der Waals surface area contributed by atoms with E-state index in [1.807, 2.05) is 55.5 Å². The van der Waals surface area contributed by atoms with E-state index >= 15 is 0 Å². The summed E-state index contributed by atoms with van der Waals surface area (Å²) >= 11 is 12.6. The molecular formula is C14H12Cl2. The lowest BCUT2D eigenvalue weighted by Crippen LogP contribution is -1.94. The third-order valence-corrected chi connectivity index (χ3v) is 3.34. The highest BCUT2D eigenvalue weighted by atomic mass is 35.5. The summed E-state index contributed by atoms with van der Waals surface area (Å²) in [6.07, 6.45) is 0. The van der Waals surface area contributed by atoms with Gasteiger partial charge in [-0.25, -0.2) is 0 Å². The van der Waals surface area contributed by atoms with E-state index in [2.05, 4.69) is 0 Å². The molecule has 0 amide bonds. The lowest BCUT2D eigenvalue weighted by atomic mass is 10.0. The average molecular weight is 251 g/mol. The van der Waals surface area contributed by atoms with Crippen molar-refractivity contribution < 1.29 is 0 Å². The highest BCUT2D eigenvalue weighted by Crippen LogP contribution is 2.33. The average Bonchev–Trinajstić information content (AvgIpc) is 2.29. The molecule has 0 bridgehead atoms. The van der Waals surface area contributed by atoms with Gasteiger partial charge < -0.3 is 0 Å². The number of halogens is 2. The first kappa shape index (κ1) is 11.5. The molecule has 0 radical (unpaired) electrons. The predicted molar refractivity (Wildman–Crippen MR) is 70.3 cm³/mol. The molecule has 0 heterocycles. The molecule has 0 nitrogen and oxygen atoms in total. The molecule has 1 atom stereocenters. The van der Waals surface area contributed by atoms with Crippen LogP contribution in [0.5, 0.6) is 0 Å². The molecule has 0 spiro atoms. The molecular weight excluding hydrogens is 239 g/mol. The molecule has 16 heavy (non-hydrogen) atoms. The summed E-state index contributed by atoms with van der Waals surface area (Å²) in [6.45, 7) is 2.02. The van der Waals surface area contributed by atoms with Gasteiger partial charge in [0.15, 0.2) is 0 Å². The molecule has 0 saturated heterocycles. The minimum atomic E-state index is -0.186. The molecule has 0 N–H and O–H groups in total. The minimum absolute atomic E-state index is 0.186. The second kappa shape index (κ2) is 4.90. The van der Waals surface area contributed by atoms with Crippen LogP contribution in [-0.4, -0.2) is 0 Å². The zero-order valence-electron chi connectivity index (χ0n) is 8.95. The number of hydrogen-bond acceptors (Lipinski definition) is 0. The van der Waals surface area contributed by atoms with Crippen LogP contribution in [0.3, 0.4) is 0 Å². The van der Waals surface area contributed by atoms with Gasteiger partial charge in [0.05, 0.1) is 5.38 Å². The van der Waals surface area contributed by atoms with Crippen molar-refractivity contribution in [3.8, 4) is 0 Å². The van der Waals surface area contributed by atoms with Crippen molar-refractivity contribution in [2.75, 3.05) is 0 Å². The quantitative estimate of drug-likeness (QED) is 0.660. The fourth-order valence-corrected chi connectivity index (χ4v) is 2.38. The molecule has 2 heteroatoms. The van der Waals surface area contributed by atoms with Crippen molar-refractivity contribution >= 4 is 23.2 Å². The van der Waals surface area contributed by atoms with Crippen LogP contribution in [0.15, 0.2) is 48.5 Å². The van der Waals surface area contributed by atoms with Crippen molar-refractivity contribution in [2.24, 2.45) is 0 Å². The van der Waals surface area contributed by atoms with Crippen LogP contribution in [0.25, 0.3) is 0 Å². The third-order valence-electron chi connectivity index (χ3n) is 2.52. The van der Waals surface area contributed by atoms with Crippen molar-refractivity contribution in [3.63, 3.8) is 0 Å². The summed E-state index contributed by atoms with van der Waals surface area (Å²) in [5.41, 5.74) is 3.17. The van der Waals surface area contributed by atoms with Gasteiger partial charge in [-0.3, -0.25) is 0 Å². The van der Waals surface area contributed by atoms with Crippen LogP contribution in [0.1, 0.15) is 22.1 Å². The monoisotopic (exact) mass is 250 g/mol. The van der Waals surface area contributed by atoms with Crippen molar-refractivity contribution in [1.29, 1.82) is 0 Å². The fourth-order valence-electron chi connectivity index (χ4n) is 1.64. The van der Waals surface area contributed by atoms with Crippen molar-refractivity contribution in [3.05, 3.63) is 70.2 Å². The molecule has 0 aliphatic heterocycles. The Morgan fingerprint density at radius 3 is 2.31 bits per heavy atom. The van der Waals surface area contributed by atoms with Gasteiger partial charge in [0.2, 0.25) is 0 Å². The topological polar surface area (TPSA) is 0 Å². The van der Waals surface area contributed by atoms with Gasteiger partial charge in [0, 0.05) is 5.02 Å². The Kier molecular flexibility index (Phi) is 3.52. The highest BCUT2D eigenvalue weighted by Gasteiger charge is 2.13. The summed E-state index contributed by atoms with van der Waals surface area (Å²) in [5, 5.41) is 0.540. The molecule has 0 aromatic heterocycles. The second-order valence-corrected chi connectivity index (χ2v) is 4.64. The van der Waals surface area contributed by atoms with Crippen LogP contribution < -0.4 is 0 Å². The highest BCUT2D eigenvalue weighted by molar-refractivity contribution is 6.33. The second-order valence-electron chi connectivity index (χ2n) is 3.80. The van der Waals surface area contributed by atoms with E-state index in [-0.39, 0.29) is 5.38 Å². The largest absolute Gasteiger partial charge is 0.113 e. The molecule has 2 rings (SSSR count). The van der Waals surface area contributed by atoms with Gasteiger partial charge in [0.1, 0.15) is 0 Å². The first-order chi connectivity index (χ1) is 7.68. The molecule has 0 aliphatic carbocycles. The number of benzene rings is 2. The van der Waals surface area contributed by atoms with E-state index in [9.17, 15) is 0 Å². The number of alkyl halides is 1. The maximum Gasteiger partial charge on any atom is 0.0849 e. The lowest BCUT2D eigenvalue weighted by molar-refractivity contribution is 1.14. The predicted octanol–water partition coefficient (Wildman–Crippen LogP) is 4.98. The number of rotatable bonds is 2.